The standard InChI is InChI=1S/C24H40O4.C7H6O3/c1-14(4-9-22(27)28)18-7-8-19-17-6-5-15-12-16(25)10-11-23(15,2)20(17)13-21(26)24(18,19)3;8-6-4-2-1-3-5(6)7(9)10/h14-21,25-26H,4-13H2,1-3H3,(H,27,28);1-4,8H,(H,9,10)/t14-,15-,16-,17+,18-,19+,20+,21+,23+,24-;/m1./s1. The maximum Gasteiger partial charge on any atom is 0.339 e. The first-order valence-electron chi connectivity index (χ1n) is 14.5. The predicted molar refractivity (Wildman–Crippen MR) is 144 cm³/mol. The number of aliphatic carboxylic acids is 1. The van der Waals surface area contributed by atoms with E-state index < -0.39 is 11.9 Å². The number of aromatic carboxylic acids is 1. The summed E-state index contributed by atoms with van der Waals surface area (Å²) in [5.74, 6) is 1.24. The lowest BCUT2D eigenvalue weighted by Gasteiger charge is -2.62. The molecule has 38 heavy (non-hydrogen) atoms. The largest absolute Gasteiger partial charge is 0.507 e. The van der Waals surface area contributed by atoms with E-state index in [1.807, 2.05) is 0 Å². The molecule has 0 spiro atoms. The summed E-state index contributed by atoms with van der Waals surface area (Å²) in [7, 11) is 0. The van der Waals surface area contributed by atoms with E-state index in [0.717, 1.165) is 38.5 Å². The van der Waals surface area contributed by atoms with Crippen molar-refractivity contribution < 1.29 is 35.1 Å². The third-order valence-electron chi connectivity index (χ3n) is 11.5. The zero-order valence-electron chi connectivity index (χ0n) is 23.1. The molecular weight excluding hydrogens is 484 g/mol. The van der Waals surface area contributed by atoms with Gasteiger partial charge in [0.25, 0.3) is 0 Å². The fourth-order valence-corrected chi connectivity index (χ4v) is 9.37. The Hall–Kier alpha value is -2.12. The van der Waals surface area contributed by atoms with Crippen molar-refractivity contribution in [1.29, 1.82) is 0 Å². The third-order valence-corrected chi connectivity index (χ3v) is 11.5. The van der Waals surface area contributed by atoms with Gasteiger partial charge in [-0.1, -0.05) is 32.9 Å². The summed E-state index contributed by atoms with van der Waals surface area (Å²) < 4.78 is 0. The molecule has 5 N–H and O–H groups in total. The number of hydrogen-bond donors (Lipinski definition) is 5. The Balaban J connectivity index is 0.000000283. The highest BCUT2D eigenvalue weighted by molar-refractivity contribution is 5.90. The van der Waals surface area contributed by atoms with Gasteiger partial charge in [-0.05, 0) is 116 Å². The maximum atomic E-state index is 11.5. The second-order valence-electron chi connectivity index (χ2n) is 13.1. The second-order valence-corrected chi connectivity index (χ2v) is 13.1. The van der Waals surface area contributed by atoms with Gasteiger partial charge >= 0.3 is 11.9 Å². The molecule has 4 fully saturated rings. The number of carboxylic acids is 2. The van der Waals surface area contributed by atoms with Gasteiger partial charge in [-0.3, -0.25) is 4.79 Å². The van der Waals surface area contributed by atoms with Crippen LogP contribution in [0.25, 0.3) is 0 Å². The number of carbonyl (C=O) groups is 2. The lowest BCUT2D eigenvalue weighted by Crippen LogP contribution is -2.58. The van der Waals surface area contributed by atoms with Crippen LogP contribution in [0.15, 0.2) is 24.3 Å². The number of aromatic hydroxyl groups is 1. The SMILES string of the molecule is C[C@H](CCC(=O)O)[C@H]1CC[C@H]2[C@@H]3CC[C@@H]4C[C@H](O)CC[C@]4(C)[C@H]3C[C@H](O)[C@]12C.O=C(O)c1ccccc1O. The number of rotatable bonds is 5. The molecule has 0 bridgehead atoms. The molecule has 4 aliphatic carbocycles. The number of fused-ring (bicyclic) bond motifs is 5. The van der Waals surface area contributed by atoms with E-state index in [2.05, 4.69) is 20.8 Å². The number of benzene rings is 1. The Morgan fingerprint density at radius 2 is 1.68 bits per heavy atom. The van der Waals surface area contributed by atoms with Gasteiger partial charge in [-0.15, -0.1) is 0 Å². The molecule has 1 aromatic rings. The highest BCUT2D eigenvalue weighted by atomic mass is 16.4. The maximum absolute atomic E-state index is 11.5. The van der Waals surface area contributed by atoms with Crippen molar-refractivity contribution in [3.05, 3.63) is 29.8 Å². The van der Waals surface area contributed by atoms with Crippen LogP contribution in [-0.2, 0) is 4.79 Å². The Morgan fingerprint density at radius 1 is 0.974 bits per heavy atom. The van der Waals surface area contributed by atoms with Crippen molar-refractivity contribution in [2.75, 3.05) is 0 Å². The molecule has 1 aromatic carbocycles. The predicted octanol–water partition coefficient (Wildman–Crippen LogP) is 5.57. The minimum atomic E-state index is -1.11. The minimum absolute atomic E-state index is 0.0591. The Kier molecular flexibility index (Phi) is 8.49. The molecule has 5 rings (SSSR count). The first-order chi connectivity index (χ1) is 17.9. The van der Waals surface area contributed by atoms with Gasteiger partial charge in [0.15, 0.2) is 0 Å². The molecular formula is C31H46O7. The van der Waals surface area contributed by atoms with Crippen molar-refractivity contribution in [2.45, 2.75) is 97.2 Å². The number of aliphatic hydroxyl groups excluding tert-OH is 2. The molecule has 7 heteroatoms. The van der Waals surface area contributed by atoms with Gasteiger partial charge in [0.05, 0.1) is 12.2 Å². The molecule has 0 aliphatic heterocycles. The Labute approximate surface area is 226 Å². The summed E-state index contributed by atoms with van der Waals surface area (Å²) in [5, 5.41) is 48.1. The molecule has 10 atom stereocenters. The number of para-hydroxylation sites is 1. The fraction of sp³-hybridized carbons (Fsp3) is 0.742. The summed E-state index contributed by atoms with van der Waals surface area (Å²) in [4.78, 5) is 21.3. The number of carboxylic acid groups (broad SMARTS) is 2. The van der Waals surface area contributed by atoms with Crippen LogP contribution in [0.4, 0.5) is 0 Å². The van der Waals surface area contributed by atoms with Crippen LogP contribution in [0.2, 0.25) is 0 Å². The second kappa shape index (κ2) is 11.2. The van der Waals surface area contributed by atoms with Crippen LogP contribution in [-0.4, -0.2) is 49.7 Å². The van der Waals surface area contributed by atoms with Gasteiger partial charge < -0.3 is 25.5 Å². The zero-order valence-corrected chi connectivity index (χ0v) is 23.1. The van der Waals surface area contributed by atoms with E-state index in [-0.39, 0.29) is 40.8 Å². The van der Waals surface area contributed by atoms with Gasteiger partial charge in [-0.2, -0.15) is 0 Å². The topological polar surface area (TPSA) is 135 Å². The molecule has 4 aliphatic rings. The number of hydrogen-bond acceptors (Lipinski definition) is 5. The molecule has 0 amide bonds. The smallest absolute Gasteiger partial charge is 0.339 e. The van der Waals surface area contributed by atoms with Crippen molar-refractivity contribution in [1.82, 2.24) is 0 Å². The van der Waals surface area contributed by atoms with Crippen LogP contribution in [0.1, 0.15) is 95.3 Å². The average Bonchev–Trinajstić information content (AvgIpc) is 3.23. The summed E-state index contributed by atoms with van der Waals surface area (Å²) in [6.45, 7) is 6.99. The van der Waals surface area contributed by atoms with Gasteiger partial charge in [0.1, 0.15) is 11.3 Å². The van der Waals surface area contributed by atoms with E-state index in [4.69, 9.17) is 15.3 Å². The van der Waals surface area contributed by atoms with Crippen molar-refractivity contribution in [2.24, 2.45) is 46.3 Å². The molecule has 0 saturated heterocycles. The lowest BCUT2D eigenvalue weighted by molar-refractivity contribution is -0.175. The van der Waals surface area contributed by atoms with Crippen LogP contribution in [0.3, 0.4) is 0 Å². The van der Waals surface area contributed by atoms with Crippen LogP contribution in [0, 0.1) is 46.3 Å². The molecule has 7 nitrogen and oxygen atoms in total. The average molecular weight is 531 g/mol. The first kappa shape index (κ1) is 28.9. The summed E-state index contributed by atoms with van der Waals surface area (Å²) in [6, 6.07) is 5.81. The molecule has 0 radical (unpaired) electrons. The normalized spacial score (nSPS) is 40.5. The summed E-state index contributed by atoms with van der Waals surface area (Å²) in [6.07, 6.45) is 9.26. The molecule has 0 heterocycles. The number of aliphatic hydroxyl groups is 2. The van der Waals surface area contributed by atoms with Crippen molar-refractivity contribution in [3.8, 4) is 5.75 Å². The van der Waals surface area contributed by atoms with E-state index in [0.29, 0.717) is 35.5 Å². The third kappa shape index (κ3) is 5.21. The lowest BCUT2D eigenvalue weighted by atomic mass is 9.43. The highest BCUT2D eigenvalue weighted by Gasteiger charge is 2.63. The van der Waals surface area contributed by atoms with Crippen LogP contribution < -0.4 is 0 Å². The first-order valence-corrected chi connectivity index (χ1v) is 14.5. The monoisotopic (exact) mass is 530 g/mol. The highest BCUT2D eigenvalue weighted by Crippen LogP contribution is 2.68. The van der Waals surface area contributed by atoms with Crippen LogP contribution in [0.5, 0.6) is 5.75 Å². The Morgan fingerprint density at radius 3 is 2.32 bits per heavy atom. The Bertz CT molecular complexity index is 1010. The fourth-order valence-electron chi connectivity index (χ4n) is 9.37. The van der Waals surface area contributed by atoms with E-state index in [9.17, 15) is 19.8 Å². The van der Waals surface area contributed by atoms with Gasteiger partial charge in [0.2, 0.25) is 0 Å². The summed E-state index contributed by atoms with van der Waals surface area (Å²) >= 11 is 0. The van der Waals surface area contributed by atoms with Crippen molar-refractivity contribution in [3.63, 3.8) is 0 Å². The molecule has 4 saturated carbocycles. The minimum Gasteiger partial charge on any atom is -0.507 e. The van der Waals surface area contributed by atoms with Crippen molar-refractivity contribution >= 4 is 11.9 Å². The number of phenols is 1. The summed E-state index contributed by atoms with van der Waals surface area (Å²) in [5.41, 5.74) is 0.149. The molecule has 0 aromatic heterocycles. The van der Waals surface area contributed by atoms with E-state index >= 15 is 0 Å². The quantitative estimate of drug-likeness (QED) is 0.336. The molecule has 212 valence electrons. The van der Waals surface area contributed by atoms with E-state index in [1.165, 1.54) is 31.4 Å². The molecule has 0 unspecified atom stereocenters. The zero-order chi connectivity index (χ0) is 27.8. The van der Waals surface area contributed by atoms with Gasteiger partial charge in [0, 0.05) is 6.42 Å². The van der Waals surface area contributed by atoms with E-state index in [1.54, 1.807) is 12.1 Å². The van der Waals surface area contributed by atoms with Crippen LogP contribution >= 0.6 is 0 Å². The van der Waals surface area contributed by atoms with Gasteiger partial charge in [-0.25, -0.2) is 4.79 Å².